The highest BCUT2D eigenvalue weighted by molar-refractivity contribution is 5.46. The fraction of sp³-hybridized carbons (Fsp3) is 0.364. The number of hydrogen-bond acceptors (Lipinski definition) is 7. The smallest absolute Gasteiger partial charge is 0.245 e. The molecule has 2 aromatic rings. The van der Waals surface area contributed by atoms with Gasteiger partial charge in [0, 0.05) is 18.3 Å². The van der Waals surface area contributed by atoms with Crippen molar-refractivity contribution in [3.8, 4) is 6.07 Å². The largest absolute Gasteiger partial charge is 0.359 e. The van der Waals surface area contributed by atoms with E-state index in [0.29, 0.717) is 24.2 Å². The van der Waals surface area contributed by atoms with Gasteiger partial charge in [-0.2, -0.15) is 10.2 Å². The molecule has 0 saturated heterocycles. The van der Waals surface area contributed by atoms with E-state index in [1.54, 1.807) is 0 Å². The number of hydrogen-bond donors (Lipinski definition) is 1. The second-order valence-electron chi connectivity index (χ2n) is 4.04. The topological polar surface area (TPSA) is 101 Å². The molecule has 0 radical (unpaired) electrons. The van der Waals surface area contributed by atoms with E-state index >= 15 is 0 Å². The zero-order valence-corrected chi connectivity index (χ0v) is 9.50. The molecule has 1 aliphatic carbocycles. The zero-order valence-electron chi connectivity index (χ0n) is 9.50. The molecule has 1 aliphatic rings. The first kappa shape index (κ1) is 10.7. The molecular formula is C11H10N6O. The van der Waals surface area contributed by atoms with Gasteiger partial charge in [-0.15, -0.1) is 0 Å². The van der Waals surface area contributed by atoms with Crippen molar-refractivity contribution in [2.75, 3.05) is 5.32 Å². The first-order chi connectivity index (χ1) is 8.86. The summed E-state index contributed by atoms with van der Waals surface area (Å²) in [6, 6.07) is 1.96. The summed E-state index contributed by atoms with van der Waals surface area (Å²) in [5.74, 6) is 2.15. The van der Waals surface area contributed by atoms with Crippen molar-refractivity contribution in [3.05, 3.63) is 29.8 Å². The van der Waals surface area contributed by atoms with Gasteiger partial charge in [-0.25, -0.2) is 9.97 Å². The third-order valence-electron chi connectivity index (χ3n) is 2.64. The third-order valence-corrected chi connectivity index (χ3v) is 2.64. The summed E-state index contributed by atoms with van der Waals surface area (Å²) in [7, 11) is 0. The van der Waals surface area contributed by atoms with Gasteiger partial charge in [-0.05, 0) is 12.8 Å². The minimum absolute atomic E-state index is 0.249. The molecule has 7 heteroatoms. The van der Waals surface area contributed by atoms with Crippen LogP contribution in [0.2, 0.25) is 0 Å². The van der Waals surface area contributed by atoms with Gasteiger partial charge >= 0.3 is 0 Å². The maximum Gasteiger partial charge on any atom is 0.245 e. The van der Waals surface area contributed by atoms with E-state index in [-0.39, 0.29) is 5.69 Å². The lowest BCUT2D eigenvalue weighted by atomic mass is 10.4. The van der Waals surface area contributed by atoms with Crippen LogP contribution in [-0.4, -0.2) is 20.1 Å². The molecule has 2 aromatic heterocycles. The van der Waals surface area contributed by atoms with E-state index in [9.17, 15) is 0 Å². The molecule has 1 fully saturated rings. The molecule has 0 spiro atoms. The van der Waals surface area contributed by atoms with Crippen LogP contribution in [0.3, 0.4) is 0 Å². The van der Waals surface area contributed by atoms with Crippen LogP contribution >= 0.6 is 0 Å². The highest BCUT2D eigenvalue weighted by Crippen LogP contribution is 2.38. The average Bonchev–Trinajstić information content (AvgIpc) is 3.16. The van der Waals surface area contributed by atoms with Crippen LogP contribution in [0.25, 0.3) is 0 Å². The second kappa shape index (κ2) is 4.41. The van der Waals surface area contributed by atoms with E-state index in [1.807, 2.05) is 6.07 Å². The van der Waals surface area contributed by atoms with Gasteiger partial charge < -0.3 is 9.84 Å². The first-order valence-electron chi connectivity index (χ1n) is 5.64. The second-order valence-corrected chi connectivity index (χ2v) is 4.04. The molecule has 0 unspecified atom stereocenters. The lowest BCUT2D eigenvalue weighted by Crippen LogP contribution is -2.04. The summed E-state index contributed by atoms with van der Waals surface area (Å²) in [5, 5.41) is 15.7. The third kappa shape index (κ3) is 2.13. The number of anilines is 1. The number of rotatable bonds is 4. The van der Waals surface area contributed by atoms with Gasteiger partial charge in [-0.1, -0.05) is 5.16 Å². The maximum atomic E-state index is 8.86. The Labute approximate surface area is 103 Å². The SMILES string of the molecule is N#Cc1nccnc1NCc1nc(C2CC2)no1. The Bertz CT molecular complexity index is 598. The zero-order chi connectivity index (χ0) is 12.4. The van der Waals surface area contributed by atoms with Crippen molar-refractivity contribution in [2.24, 2.45) is 0 Å². The van der Waals surface area contributed by atoms with Crippen LogP contribution in [0.5, 0.6) is 0 Å². The standard InChI is InChI=1S/C11H10N6O/c12-5-8-11(14-4-3-13-8)15-6-9-16-10(17-18-9)7-1-2-7/h3-4,7H,1-2,6H2,(H,14,15). The Morgan fingerprint density at radius 1 is 1.39 bits per heavy atom. The lowest BCUT2D eigenvalue weighted by molar-refractivity contribution is 0.378. The van der Waals surface area contributed by atoms with Crippen LogP contribution in [0, 0.1) is 11.3 Å². The van der Waals surface area contributed by atoms with Crippen molar-refractivity contribution in [3.63, 3.8) is 0 Å². The minimum Gasteiger partial charge on any atom is -0.359 e. The molecule has 2 heterocycles. The maximum absolute atomic E-state index is 8.86. The predicted molar refractivity (Wildman–Crippen MR) is 60.3 cm³/mol. The van der Waals surface area contributed by atoms with Crippen molar-refractivity contribution >= 4 is 5.82 Å². The molecular weight excluding hydrogens is 232 g/mol. The first-order valence-corrected chi connectivity index (χ1v) is 5.64. The Morgan fingerprint density at radius 3 is 3.00 bits per heavy atom. The highest BCUT2D eigenvalue weighted by Gasteiger charge is 2.28. The summed E-state index contributed by atoms with van der Waals surface area (Å²) in [6.07, 6.45) is 5.26. The summed E-state index contributed by atoms with van der Waals surface area (Å²) in [5.41, 5.74) is 0.249. The Balaban J connectivity index is 1.68. The van der Waals surface area contributed by atoms with Crippen LogP contribution < -0.4 is 5.32 Å². The fourth-order valence-electron chi connectivity index (χ4n) is 1.56. The monoisotopic (exact) mass is 242 g/mol. The average molecular weight is 242 g/mol. The fourth-order valence-corrected chi connectivity index (χ4v) is 1.56. The minimum atomic E-state index is 0.249. The van der Waals surface area contributed by atoms with Gasteiger partial charge in [0.15, 0.2) is 17.3 Å². The van der Waals surface area contributed by atoms with E-state index in [0.717, 1.165) is 18.7 Å². The molecule has 7 nitrogen and oxygen atoms in total. The van der Waals surface area contributed by atoms with Crippen LogP contribution in [0.15, 0.2) is 16.9 Å². The molecule has 0 bridgehead atoms. The predicted octanol–water partition coefficient (Wildman–Crippen LogP) is 1.22. The molecule has 18 heavy (non-hydrogen) atoms. The molecule has 0 aromatic carbocycles. The Morgan fingerprint density at radius 2 is 2.22 bits per heavy atom. The number of aromatic nitrogens is 4. The number of nitriles is 1. The van der Waals surface area contributed by atoms with Crippen LogP contribution in [0.1, 0.15) is 36.2 Å². The quantitative estimate of drug-likeness (QED) is 0.860. The van der Waals surface area contributed by atoms with E-state index < -0.39 is 0 Å². The molecule has 0 atom stereocenters. The summed E-state index contributed by atoms with van der Waals surface area (Å²) in [6.45, 7) is 0.340. The lowest BCUT2D eigenvalue weighted by Gasteiger charge is -2.02. The van der Waals surface area contributed by atoms with E-state index in [2.05, 4.69) is 25.4 Å². The summed E-state index contributed by atoms with van der Waals surface area (Å²) < 4.78 is 5.11. The molecule has 3 rings (SSSR count). The van der Waals surface area contributed by atoms with Gasteiger partial charge in [0.05, 0.1) is 6.54 Å². The molecule has 1 N–H and O–H groups in total. The van der Waals surface area contributed by atoms with E-state index in [1.165, 1.54) is 12.4 Å². The molecule has 0 aliphatic heterocycles. The normalized spacial score (nSPS) is 14.2. The molecule has 90 valence electrons. The van der Waals surface area contributed by atoms with Crippen LogP contribution in [-0.2, 0) is 6.54 Å². The van der Waals surface area contributed by atoms with E-state index in [4.69, 9.17) is 9.78 Å². The van der Waals surface area contributed by atoms with Crippen LogP contribution in [0.4, 0.5) is 5.82 Å². The van der Waals surface area contributed by atoms with Crippen molar-refractivity contribution in [2.45, 2.75) is 25.3 Å². The van der Waals surface area contributed by atoms with Gasteiger partial charge in [0.2, 0.25) is 5.89 Å². The molecule has 0 amide bonds. The van der Waals surface area contributed by atoms with Crippen molar-refractivity contribution < 1.29 is 4.52 Å². The van der Waals surface area contributed by atoms with Crippen molar-refractivity contribution in [1.82, 2.24) is 20.1 Å². The Kier molecular flexibility index (Phi) is 2.61. The van der Waals surface area contributed by atoms with Gasteiger partial charge in [0.25, 0.3) is 0 Å². The summed E-state index contributed by atoms with van der Waals surface area (Å²) >= 11 is 0. The van der Waals surface area contributed by atoms with Crippen molar-refractivity contribution in [1.29, 1.82) is 5.26 Å². The van der Waals surface area contributed by atoms with Gasteiger partial charge in [-0.3, -0.25) is 0 Å². The van der Waals surface area contributed by atoms with Gasteiger partial charge in [0.1, 0.15) is 6.07 Å². The highest BCUT2D eigenvalue weighted by atomic mass is 16.5. The Hall–Kier alpha value is -2.49. The summed E-state index contributed by atoms with van der Waals surface area (Å²) in [4.78, 5) is 12.2. The number of nitrogens with zero attached hydrogens (tertiary/aromatic N) is 5. The molecule has 1 saturated carbocycles. The number of nitrogens with one attached hydrogen (secondary N) is 1.